The molecular formula is C11H13N3O2. The second-order valence-electron chi connectivity index (χ2n) is 3.47. The zero-order chi connectivity index (χ0) is 11.7. The molecule has 0 saturated carbocycles. The van der Waals surface area contributed by atoms with E-state index in [-0.39, 0.29) is 5.91 Å². The zero-order valence-corrected chi connectivity index (χ0v) is 9.47. The number of amides is 1. The number of para-hydroxylation sites is 1. The summed E-state index contributed by atoms with van der Waals surface area (Å²) in [7, 11) is 4.82. The van der Waals surface area contributed by atoms with Crippen molar-refractivity contribution in [3.63, 3.8) is 0 Å². The number of carbonyl (C=O) groups is 1. The Bertz CT molecular complexity index is 533. The molecule has 1 amide bonds. The average molecular weight is 219 g/mol. The summed E-state index contributed by atoms with van der Waals surface area (Å²) in [4.78, 5) is 16.8. The summed E-state index contributed by atoms with van der Waals surface area (Å²) >= 11 is 0. The molecule has 2 aromatic rings. The minimum Gasteiger partial charge on any atom is -0.274 e. The standard InChI is InChI=1S/C11H13N3O2/c1-13-9-7-5-4-6-8(9)10(12-13)11(15)14(2)16-3/h4-7H,1-3H3. The summed E-state index contributed by atoms with van der Waals surface area (Å²) in [6.45, 7) is 0. The summed E-state index contributed by atoms with van der Waals surface area (Å²) in [6, 6.07) is 7.59. The molecule has 0 aliphatic heterocycles. The molecule has 0 aliphatic carbocycles. The maximum absolute atomic E-state index is 11.9. The molecule has 0 bridgehead atoms. The van der Waals surface area contributed by atoms with Gasteiger partial charge in [-0.3, -0.25) is 14.3 Å². The molecule has 0 saturated heterocycles. The van der Waals surface area contributed by atoms with Gasteiger partial charge in [-0.1, -0.05) is 18.2 Å². The van der Waals surface area contributed by atoms with E-state index in [1.165, 1.54) is 7.11 Å². The molecule has 1 aromatic carbocycles. The molecular weight excluding hydrogens is 206 g/mol. The summed E-state index contributed by atoms with van der Waals surface area (Å²) in [5.41, 5.74) is 1.33. The molecule has 0 spiro atoms. The molecule has 5 nitrogen and oxygen atoms in total. The first kappa shape index (κ1) is 10.6. The first-order valence-corrected chi connectivity index (χ1v) is 4.89. The normalized spacial score (nSPS) is 10.7. The lowest BCUT2D eigenvalue weighted by molar-refractivity contribution is -0.0759. The van der Waals surface area contributed by atoms with E-state index in [1.54, 1.807) is 11.7 Å². The van der Waals surface area contributed by atoms with E-state index in [9.17, 15) is 4.79 Å². The predicted octanol–water partition coefficient (Wildman–Crippen LogP) is 1.21. The van der Waals surface area contributed by atoms with Gasteiger partial charge in [0.1, 0.15) is 0 Å². The van der Waals surface area contributed by atoms with Crippen molar-refractivity contribution in [3.8, 4) is 0 Å². The van der Waals surface area contributed by atoms with Gasteiger partial charge in [0.25, 0.3) is 5.91 Å². The van der Waals surface area contributed by atoms with Crippen molar-refractivity contribution in [2.45, 2.75) is 0 Å². The Morgan fingerprint density at radius 1 is 1.44 bits per heavy atom. The Kier molecular flexibility index (Phi) is 2.62. The fourth-order valence-electron chi connectivity index (χ4n) is 1.60. The predicted molar refractivity (Wildman–Crippen MR) is 59.8 cm³/mol. The van der Waals surface area contributed by atoms with E-state index in [0.29, 0.717) is 5.69 Å². The first-order chi connectivity index (χ1) is 7.65. The van der Waals surface area contributed by atoms with Crippen LogP contribution in [0.25, 0.3) is 10.9 Å². The molecule has 1 heterocycles. The van der Waals surface area contributed by atoms with E-state index in [1.807, 2.05) is 31.3 Å². The van der Waals surface area contributed by atoms with Crippen molar-refractivity contribution in [2.24, 2.45) is 7.05 Å². The summed E-state index contributed by atoms with van der Waals surface area (Å²) in [5.74, 6) is -0.251. The Labute approximate surface area is 93.2 Å². The first-order valence-electron chi connectivity index (χ1n) is 4.89. The number of aromatic nitrogens is 2. The van der Waals surface area contributed by atoms with Gasteiger partial charge >= 0.3 is 0 Å². The Morgan fingerprint density at radius 2 is 2.12 bits per heavy atom. The van der Waals surface area contributed by atoms with E-state index >= 15 is 0 Å². The van der Waals surface area contributed by atoms with E-state index in [4.69, 9.17) is 4.84 Å². The second-order valence-corrected chi connectivity index (χ2v) is 3.47. The third-order valence-corrected chi connectivity index (χ3v) is 2.52. The van der Waals surface area contributed by atoms with Gasteiger partial charge in [0.15, 0.2) is 5.69 Å². The summed E-state index contributed by atoms with van der Waals surface area (Å²) < 4.78 is 1.69. The van der Waals surface area contributed by atoms with Gasteiger partial charge in [-0.05, 0) is 6.07 Å². The minimum absolute atomic E-state index is 0.251. The Morgan fingerprint density at radius 3 is 2.81 bits per heavy atom. The molecule has 1 aromatic heterocycles. The van der Waals surface area contributed by atoms with Gasteiger partial charge < -0.3 is 0 Å². The van der Waals surface area contributed by atoms with Gasteiger partial charge in [0.2, 0.25) is 0 Å². The van der Waals surface area contributed by atoms with Crippen LogP contribution in [-0.2, 0) is 11.9 Å². The quantitative estimate of drug-likeness (QED) is 0.713. The summed E-state index contributed by atoms with van der Waals surface area (Å²) in [5, 5.41) is 6.20. The van der Waals surface area contributed by atoms with Crippen LogP contribution >= 0.6 is 0 Å². The van der Waals surface area contributed by atoms with Crippen LogP contribution in [0.15, 0.2) is 24.3 Å². The van der Waals surface area contributed by atoms with Crippen molar-refractivity contribution in [3.05, 3.63) is 30.0 Å². The van der Waals surface area contributed by atoms with Gasteiger partial charge in [-0.15, -0.1) is 0 Å². The van der Waals surface area contributed by atoms with Gasteiger partial charge in [-0.25, -0.2) is 5.06 Å². The second kappa shape index (κ2) is 3.94. The molecule has 5 heteroatoms. The molecule has 0 atom stereocenters. The summed E-state index contributed by atoms with van der Waals surface area (Å²) in [6.07, 6.45) is 0. The van der Waals surface area contributed by atoms with Crippen molar-refractivity contribution >= 4 is 16.8 Å². The highest BCUT2D eigenvalue weighted by atomic mass is 16.7. The van der Waals surface area contributed by atoms with Crippen LogP contribution in [0.3, 0.4) is 0 Å². The molecule has 0 radical (unpaired) electrons. The molecule has 0 aliphatic rings. The van der Waals surface area contributed by atoms with Crippen LogP contribution in [0, 0.1) is 0 Å². The van der Waals surface area contributed by atoms with Crippen molar-refractivity contribution in [1.82, 2.24) is 14.8 Å². The number of carbonyl (C=O) groups excluding carboxylic acids is 1. The van der Waals surface area contributed by atoms with Gasteiger partial charge in [-0.2, -0.15) is 5.10 Å². The number of aryl methyl sites for hydroxylation is 1. The lowest BCUT2D eigenvalue weighted by atomic mass is 10.2. The number of benzene rings is 1. The van der Waals surface area contributed by atoms with Crippen molar-refractivity contribution < 1.29 is 9.63 Å². The smallest absolute Gasteiger partial charge is 0.274 e. The lowest BCUT2D eigenvalue weighted by Gasteiger charge is -2.11. The van der Waals surface area contributed by atoms with Crippen LogP contribution in [0.1, 0.15) is 10.5 Å². The van der Waals surface area contributed by atoms with Crippen LogP contribution in [0.4, 0.5) is 0 Å². The number of fused-ring (bicyclic) bond motifs is 1. The largest absolute Gasteiger partial charge is 0.298 e. The highest BCUT2D eigenvalue weighted by Crippen LogP contribution is 2.18. The van der Waals surface area contributed by atoms with E-state index in [2.05, 4.69) is 5.10 Å². The number of hydroxylamine groups is 2. The average Bonchev–Trinajstić information content (AvgIpc) is 2.65. The monoisotopic (exact) mass is 219 g/mol. The van der Waals surface area contributed by atoms with Gasteiger partial charge in [0, 0.05) is 19.5 Å². The molecule has 0 fully saturated rings. The van der Waals surface area contributed by atoms with Crippen LogP contribution in [0.2, 0.25) is 0 Å². The highest BCUT2D eigenvalue weighted by Gasteiger charge is 2.19. The maximum atomic E-state index is 11.9. The van der Waals surface area contributed by atoms with Crippen LogP contribution in [-0.4, -0.2) is 34.9 Å². The number of rotatable bonds is 2. The van der Waals surface area contributed by atoms with E-state index in [0.717, 1.165) is 16.0 Å². The molecule has 16 heavy (non-hydrogen) atoms. The number of hydrogen-bond donors (Lipinski definition) is 0. The van der Waals surface area contributed by atoms with E-state index < -0.39 is 0 Å². The van der Waals surface area contributed by atoms with Crippen LogP contribution in [0.5, 0.6) is 0 Å². The Balaban J connectivity index is 2.57. The lowest BCUT2D eigenvalue weighted by Crippen LogP contribution is -2.26. The Hall–Kier alpha value is -1.88. The van der Waals surface area contributed by atoms with Gasteiger partial charge in [0.05, 0.1) is 12.6 Å². The highest BCUT2D eigenvalue weighted by molar-refractivity contribution is 6.04. The third-order valence-electron chi connectivity index (χ3n) is 2.52. The van der Waals surface area contributed by atoms with Crippen molar-refractivity contribution in [2.75, 3.05) is 14.2 Å². The molecule has 0 N–H and O–H groups in total. The minimum atomic E-state index is -0.251. The number of nitrogens with zero attached hydrogens (tertiary/aromatic N) is 3. The molecule has 2 rings (SSSR count). The zero-order valence-electron chi connectivity index (χ0n) is 9.47. The fraction of sp³-hybridized carbons (Fsp3) is 0.273. The molecule has 0 unspecified atom stereocenters. The third kappa shape index (κ3) is 1.55. The van der Waals surface area contributed by atoms with Crippen molar-refractivity contribution in [1.29, 1.82) is 0 Å². The fourth-order valence-corrected chi connectivity index (χ4v) is 1.60. The topological polar surface area (TPSA) is 47.4 Å². The molecule has 84 valence electrons. The maximum Gasteiger partial charge on any atom is 0.298 e. The number of hydrogen-bond acceptors (Lipinski definition) is 3. The van der Waals surface area contributed by atoms with Crippen LogP contribution < -0.4 is 0 Å². The SMILES string of the molecule is CON(C)C(=O)c1nn(C)c2ccccc12.